The highest BCUT2D eigenvalue weighted by Gasteiger charge is 2.25. The Morgan fingerprint density at radius 1 is 1.39 bits per heavy atom. The Hall–Kier alpha value is -1.03. The van der Waals surface area contributed by atoms with Gasteiger partial charge in [-0.05, 0) is 45.6 Å². The second-order valence-corrected chi connectivity index (χ2v) is 6.08. The van der Waals surface area contributed by atoms with E-state index < -0.39 is 5.60 Å². The highest BCUT2D eigenvalue weighted by atomic mass is 32.1. The molecule has 1 N–H and O–H groups in total. The van der Waals surface area contributed by atoms with Gasteiger partial charge in [0.1, 0.15) is 5.60 Å². The summed E-state index contributed by atoms with van der Waals surface area (Å²) in [5.41, 5.74) is 0.403. The maximum Gasteiger partial charge on any atom is 0.412 e. The molecule has 4 heteroatoms. The molecule has 3 nitrogen and oxygen atoms in total. The molecule has 0 atom stereocenters. The van der Waals surface area contributed by atoms with Crippen molar-refractivity contribution < 1.29 is 9.53 Å². The van der Waals surface area contributed by atoms with Gasteiger partial charge in [0.25, 0.3) is 0 Å². The van der Waals surface area contributed by atoms with Gasteiger partial charge in [-0.1, -0.05) is 13.8 Å². The summed E-state index contributed by atoms with van der Waals surface area (Å²) in [6.07, 6.45) is 2.19. The monoisotopic (exact) mass is 269 g/mol. The van der Waals surface area contributed by atoms with Gasteiger partial charge in [0.15, 0.2) is 0 Å². The molecule has 0 radical (unpaired) electrons. The summed E-state index contributed by atoms with van der Waals surface area (Å²) < 4.78 is 5.18. The first-order chi connectivity index (χ1) is 8.44. The molecule has 102 valence electrons. The molecular weight excluding hydrogens is 246 g/mol. The van der Waals surface area contributed by atoms with Crippen molar-refractivity contribution in [3.8, 4) is 0 Å². The number of rotatable bonds is 2. The van der Waals surface area contributed by atoms with Crippen LogP contribution in [0.15, 0.2) is 11.4 Å². The Kier molecular flexibility index (Phi) is 5.20. The smallest absolute Gasteiger partial charge is 0.412 e. The molecule has 1 amide bonds. The number of carbonyl (C=O) groups is 1. The lowest BCUT2D eigenvalue weighted by Gasteiger charge is -2.19. The molecular formula is C14H23NO2S. The molecule has 1 saturated carbocycles. The van der Waals surface area contributed by atoms with E-state index >= 15 is 0 Å². The Bertz CT molecular complexity index is 389. The molecule has 1 fully saturated rings. The number of nitrogens with one attached hydrogen (secondary N) is 1. The van der Waals surface area contributed by atoms with Crippen LogP contribution in [0.2, 0.25) is 0 Å². The molecule has 0 saturated heterocycles. The third-order valence-electron chi connectivity index (χ3n) is 2.24. The molecule has 0 aromatic carbocycles. The van der Waals surface area contributed by atoms with E-state index in [4.69, 9.17) is 4.74 Å². The zero-order chi connectivity index (χ0) is 13.8. The maximum atomic E-state index is 11.5. The SMILES string of the molecule is CC.CC(C)(C)OC(=O)Nc1csc(C2CC2)c1. The number of amides is 1. The Balaban J connectivity index is 0.000000771. The minimum atomic E-state index is -0.445. The van der Waals surface area contributed by atoms with Gasteiger partial charge in [-0.2, -0.15) is 0 Å². The van der Waals surface area contributed by atoms with Crippen LogP contribution in [-0.4, -0.2) is 11.7 Å². The van der Waals surface area contributed by atoms with Crippen molar-refractivity contribution in [1.29, 1.82) is 0 Å². The molecule has 18 heavy (non-hydrogen) atoms. The lowest BCUT2D eigenvalue weighted by molar-refractivity contribution is 0.0636. The van der Waals surface area contributed by atoms with Gasteiger partial charge in [0.05, 0.1) is 5.69 Å². The molecule has 0 spiro atoms. The fraction of sp³-hybridized carbons (Fsp3) is 0.643. The van der Waals surface area contributed by atoms with Crippen molar-refractivity contribution in [2.45, 2.75) is 59.0 Å². The van der Waals surface area contributed by atoms with Gasteiger partial charge < -0.3 is 4.74 Å². The molecule has 1 heterocycles. The summed E-state index contributed by atoms with van der Waals surface area (Å²) in [6, 6.07) is 2.05. The summed E-state index contributed by atoms with van der Waals surface area (Å²) in [5.74, 6) is 0.735. The van der Waals surface area contributed by atoms with Gasteiger partial charge in [-0.25, -0.2) is 4.79 Å². The third kappa shape index (κ3) is 5.08. The van der Waals surface area contributed by atoms with Gasteiger partial charge >= 0.3 is 6.09 Å². The summed E-state index contributed by atoms with van der Waals surface area (Å²) in [6.45, 7) is 9.57. The van der Waals surface area contributed by atoms with Gasteiger partial charge in [-0.3, -0.25) is 5.32 Å². The fourth-order valence-electron chi connectivity index (χ4n) is 1.42. The number of ether oxygens (including phenoxy) is 1. The van der Waals surface area contributed by atoms with E-state index in [1.165, 1.54) is 17.7 Å². The second kappa shape index (κ2) is 6.23. The molecule has 1 aromatic rings. The molecule has 0 aliphatic heterocycles. The highest BCUT2D eigenvalue weighted by Crippen LogP contribution is 2.43. The van der Waals surface area contributed by atoms with Crippen molar-refractivity contribution in [3.05, 3.63) is 16.3 Å². The van der Waals surface area contributed by atoms with E-state index in [9.17, 15) is 4.79 Å². The number of carbonyl (C=O) groups excluding carboxylic acids is 1. The first-order valence-electron chi connectivity index (χ1n) is 6.52. The molecule has 0 unspecified atom stereocenters. The van der Waals surface area contributed by atoms with Crippen LogP contribution in [0, 0.1) is 0 Å². The van der Waals surface area contributed by atoms with Crippen molar-refractivity contribution in [2.24, 2.45) is 0 Å². The normalized spacial score (nSPS) is 14.5. The second-order valence-electron chi connectivity index (χ2n) is 5.14. The number of hydrogen-bond acceptors (Lipinski definition) is 3. The predicted octanol–water partition coefficient (Wildman–Crippen LogP) is 5.00. The number of hydrogen-bond donors (Lipinski definition) is 1. The van der Waals surface area contributed by atoms with Gasteiger partial charge in [0.2, 0.25) is 0 Å². The Labute approximate surface area is 114 Å². The van der Waals surface area contributed by atoms with Crippen LogP contribution in [0.3, 0.4) is 0 Å². The summed E-state index contributed by atoms with van der Waals surface area (Å²) >= 11 is 1.71. The van der Waals surface area contributed by atoms with Crippen molar-refractivity contribution in [1.82, 2.24) is 0 Å². The lowest BCUT2D eigenvalue weighted by atomic mass is 10.2. The van der Waals surface area contributed by atoms with E-state index in [0.29, 0.717) is 0 Å². The van der Waals surface area contributed by atoms with Crippen LogP contribution in [0.25, 0.3) is 0 Å². The molecule has 1 aliphatic rings. The van der Waals surface area contributed by atoms with Crippen LogP contribution in [-0.2, 0) is 4.74 Å². The summed E-state index contributed by atoms with van der Waals surface area (Å²) in [4.78, 5) is 12.9. The Morgan fingerprint density at radius 2 is 2.00 bits per heavy atom. The largest absolute Gasteiger partial charge is 0.444 e. The minimum absolute atomic E-state index is 0.382. The number of thiophene rings is 1. The van der Waals surface area contributed by atoms with Crippen LogP contribution in [0.5, 0.6) is 0 Å². The van der Waals surface area contributed by atoms with Crippen LogP contribution in [0.1, 0.15) is 58.3 Å². The van der Waals surface area contributed by atoms with Gasteiger partial charge in [0, 0.05) is 10.3 Å². The average Bonchev–Trinajstić information content (AvgIpc) is 3.01. The average molecular weight is 269 g/mol. The van der Waals surface area contributed by atoms with Crippen molar-refractivity contribution in [3.63, 3.8) is 0 Å². The first-order valence-corrected chi connectivity index (χ1v) is 7.40. The molecule has 1 aliphatic carbocycles. The first kappa shape index (κ1) is 15.0. The predicted molar refractivity (Wildman–Crippen MR) is 77.5 cm³/mol. The fourth-order valence-corrected chi connectivity index (χ4v) is 2.43. The number of anilines is 1. The van der Waals surface area contributed by atoms with E-state index in [1.807, 2.05) is 46.1 Å². The van der Waals surface area contributed by atoms with E-state index in [-0.39, 0.29) is 6.09 Å². The van der Waals surface area contributed by atoms with Crippen LogP contribution in [0.4, 0.5) is 10.5 Å². The zero-order valence-electron chi connectivity index (χ0n) is 11.9. The molecule has 1 aromatic heterocycles. The van der Waals surface area contributed by atoms with Crippen molar-refractivity contribution >= 4 is 23.1 Å². The highest BCUT2D eigenvalue weighted by molar-refractivity contribution is 7.10. The minimum Gasteiger partial charge on any atom is -0.444 e. The third-order valence-corrected chi connectivity index (χ3v) is 3.34. The Morgan fingerprint density at radius 3 is 2.50 bits per heavy atom. The van der Waals surface area contributed by atoms with Crippen molar-refractivity contribution in [2.75, 3.05) is 5.32 Å². The molecule has 2 rings (SSSR count). The van der Waals surface area contributed by atoms with Crippen LogP contribution < -0.4 is 5.32 Å². The lowest BCUT2D eigenvalue weighted by Crippen LogP contribution is -2.27. The van der Waals surface area contributed by atoms with Gasteiger partial charge in [-0.15, -0.1) is 11.3 Å². The maximum absolute atomic E-state index is 11.5. The van der Waals surface area contributed by atoms with E-state index in [2.05, 4.69) is 5.32 Å². The van der Waals surface area contributed by atoms with E-state index in [0.717, 1.165) is 11.6 Å². The zero-order valence-corrected chi connectivity index (χ0v) is 12.7. The van der Waals surface area contributed by atoms with Crippen LogP contribution >= 0.6 is 11.3 Å². The van der Waals surface area contributed by atoms with E-state index in [1.54, 1.807) is 11.3 Å². The quantitative estimate of drug-likeness (QED) is 0.820. The summed E-state index contributed by atoms with van der Waals surface area (Å²) in [5, 5.41) is 4.72. The topological polar surface area (TPSA) is 38.3 Å². The summed E-state index contributed by atoms with van der Waals surface area (Å²) in [7, 11) is 0. The standard InChI is InChI=1S/C12H17NO2S.C2H6/c1-12(2,3)15-11(14)13-9-6-10(16-7-9)8-4-5-8;1-2/h6-8H,4-5H2,1-3H3,(H,13,14);1-2H3. The molecule has 0 bridgehead atoms.